The van der Waals surface area contributed by atoms with Gasteiger partial charge in [0.05, 0.1) is 0 Å². The van der Waals surface area contributed by atoms with Gasteiger partial charge in [-0.05, 0) is 24.5 Å². The molecule has 1 saturated carbocycles. The van der Waals surface area contributed by atoms with Gasteiger partial charge < -0.3 is 10.4 Å². The van der Waals surface area contributed by atoms with Gasteiger partial charge in [0, 0.05) is 18.4 Å². The molecule has 1 fully saturated rings. The van der Waals surface area contributed by atoms with E-state index in [0.29, 0.717) is 0 Å². The Kier molecular flexibility index (Phi) is 4.56. The van der Waals surface area contributed by atoms with E-state index in [0.717, 1.165) is 18.2 Å². The van der Waals surface area contributed by atoms with Crippen LogP contribution in [0, 0.1) is 5.92 Å². The summed E-state index contributed by atoms with van der Waals surface area (Å²) in [5.41, 5.74) is 0.941. The van der Waals surface area contributed by atoms with Gasteiger partial charge in [0.15, 0.2) is 0 Å². The van der Waals surface area contributed by atoms with Crippen LogP contribution in [0.5, 0.6) is 0 Å². The van der Waals surface area contributed by atoms with Gasteiger partial charge in [0.25, 0.3) is 0 Å². The first-order valence-electron chi connectivity index (χ1n) is 6.69. The molecule has 0 spiro atoms. The molecule has 1 aromatic heterocycles. The van der Waals surface area contributed by atoms with Crippen LogP contribution in [0.15, 0.2) is 18.3 Å². The summed E-state index contributed by atoms with van der Waals surface area (Å²) in [6.45, 7) is 0.910. The highest BCUT2D eigenvalue weighted by atomic mass is 16.4. The number of hydrogen-bond acceptors (Lipinski definition) is 3. The molecule has 0 atom stereocenters. The van der Waals surface area contributed by atoms with Crippen molar-refractivity contribution >= 4 is 11.7 Å². The Labute approximate surface area is 107 Å². The molecule has 0 aromatic carbocycles. The first-order chi connectivity index (χ1) is 8.75. The number of anilines is 1. The van der Waals surface area contributed by atoms with Crippen molar-refractivity contribution in [3.05, 3.63) is 24.0 Å². The van der Waals surface area contributed by atoms with Crippen molar-refractivity contribution < 1.29 is 9.90 Å². The monoisotopic (exact) mass is 248 g/mol. The van der Waals surface area contributed by atoms with Crippen molar-refractivity contribution in [2.45, 2.75) is 38.5 Å². The highest BCUT2D eigenvalue weighted by molar-refractivity contribution is 5.86. The lowest BCUT2D eigenvalue weighted by atomic mass is 9.87. The molecule has 1 aliphatic rings. The normalized spacial score (nSPS) is 16.4. The maximum Gasteiger partial charge on any atom is 0.354 e. The first-order valence-corrected chi connectivity index (χ1v) is 6.69. The topological polar surface area (TPSA) is 62.2 Å². The number of carboxylic acids is 1. The minimum atomic E-state index is -0.981. The molecular weight excluding hydrogens is 228 g/mol. The Morgan fingerprint density at radius 3 is 2.89 bits per heavy atom. The molecule has 2 N–H and O–H groups in total. The Morgan fingerprint density at radius 1 is 1.39 bits per heavy atom. The highest BCUT2D eigenvalue weighted by Gasteiger charge is 2.12. The van der Waals surface area contributed by atoms with Crippen LogP contribution in [0.3, 0.4) is 0 Å². The molecule has 0 aliphatic heterocycles. The van der Waals surface area contributed by atoms with Gasteiger partial charge in [-0.2, -0.15) is 0 Å². The lowest BCUT2D eigenvalue weighted by molar-refractivity contribution is 0.0690. The van der Waals surface area contributed by atoms with Crippen LogP contribution in [0.4, 0.5) is 5.69 Å². The van der Waals surface area contributed by atoms with Crippen LogP contribution in [0.2, 0.25) is 0 Å². The van der Waals surface area contributed by atoms with E-state index in [1.54, 1.807) is 6.07 Å². The Bertz CT molecular complexity index is 401. The van der Waals surface area contributed by atoms with Gasteiger partial charge in [-0.25, -0.2) is 9.78 Å². The van der Waals surface area contributed by atoms with Gasteiger partial charge in [0.1, 0.15) is 5.69 Å². The molecule has 1 heterocycles. The molecule has 1 aliphatic carbocycles. The van der Waals surface area contributed by atoms with Crippen molar-refractivity contribution in [2.75, 3.05) is 11.9 Å². The molecule has 0 bridgehead atoms. The van der Waals surface area contributed by atoms with E-state index in [4.69, 9.17) is 5.11 Å². The van der Waals surface area contributed by atoms with E-state index < -0.39 is 5.97 Å². The standard InChI is InChI=1S/C14H20N2O2/c17-14(18)13-10-12(7-9-16-13)15-8-6-11-4-2-1-3-5-11/h7,9-11H,1-6,8H2,(H,15,16)(H,17,18). The fraction of sp³-hybridized carbons (Fsp3) is 0.571. The smallest absolute Gasteiger partial charge is 0.354 e. The third kappa shape index (κ3) is 3.72. The summed E-state index contributed by atoms with van der Waals surface area (Å²) in [6, 6.07) is 3.40. The lowest BCUT2D eigenvalue weighted by Crippen LogP contribution is -2.12. The van der Waals surface area contributed by atoms with Crippen LogP contribution >= 0.6 is 0 Å². The maximum atomic E-state index is 10.8. The third-order valence-electron chi connectivity index (χ3n) is 3.59. The fourth-order valence-corrected chi connectivity index (χ4v) is 2.55. The second-order valence-electron chi connectivity index (χ2n) is 4.95. The van der Waals surface area contributed by atoms with Gasteiger partial charge in [0.2, 0.25) is 0 Å². The van der Waals surface area contributed by atoms with Gasteiger partial charge in [-0.1, -0.05) is 32.1 Å². The minimum absolute atomic E-state index is 0.0951. The highest BCUT2D eigenvalue weighted by Crippen LogP contribution is 2.26. The molecule has 0 saturated heterocycles. The molecule has 18 heavy (non-hydrogen) atoms. The van der Waals surface area contributed by atoms with Crippen molar-refractivity contribution in [3.63, 3.8) is 0 Å². The molecule has 98 valence electrons. The number of carbonyl (C=O) groups is 1. The summed E-state index contributed by atoms with van der Waals surface area (Å²) >= 11 is 0. The predicted molar refractivity (Wildman–Crippen MR) is 70.9 cm³/mol. The zero-order valence-electron chi connectivity index (χ0n) is 10.6. The zero-order valence-corrected chi connectivity index (χ0v) is 10.6. The largest absolute Gasteiger partial charge is 0.477 e. The SMILES string of the molecule is O=C(O)c1cc(NCCC2CCCCC2)ccn1. The van der Waals surface area contributed by atoms with E-state index in [-0.39, 0.29) is 5.69 Å². The molecule has 0 radical (unpaired) electrons. The molecule has 0 unspecified atom stereocenters. The number of aromatic nitrogens is 1. The Balaban J connectivity index is 1.78. The molecular formula is C14H20N2O2. The fourth-order valence-electron chi connectivity index (χ4n) is 2.55. The van der Waals surface area contributed by atoms with Gasteiger partial charge >= 0.3 is 5.97 Å². The van der Waals surface area contributed by atoms with Gasteiger partial charge in [-0.3, -0.25) is 0 Å². The van der Waals surface area contributed by atoms with Crippen molar-refractivity contribution in [1.82, 2.24) is 4.98 Å². The molecule has 1 aromatic rings. The minimum Gasteiger partial charge on any atom is -0.477 e. The van der Waals surface area contributed by atoms with Crippen LogP contribution < -0.4 is 5.32 Å². The summed E-state index contributed by atoms with van der Waals surface area (Å²) in [5.74, 6) is -0.141. The summed E-state index contributed by atoms with van der Waals surface area (Å²) in [7, 11) is 0. The third-order valence-corrected chi connectivity index (χ3v) is 3.59. The number of hydrogen-bond donors (Lipinski definition) is 2. The van der Waals surface area contributed by atoms with E-state index in [1.807, 2.05) is 6.07 Å². The average molecular weight is 248 g/mol. The number of rotatable bonds is 5. The quantitative estimate of drug-likeness (QED) is 0.840. The van der Waals surface area contributed by atoms with E-state index in [2.05, 4.69) is 10.3 Å². The Hall–Kier alpha value is -1.58. The average Bonchev–Trinajstić information content (AvgIpc) is 2.40. The molecule has 2 rings (SSSR count). The van der Waals surface area contributed by atoms with Crippen LogP contribution in [-0.2, 0) is 0 Å². The van der Waals surface area contributed by atoms with Crippen molar-refractivity contribution in [1.29, 1.82) is 0 Å². The second kappa shape index (κ2) is 6.38. The predicted octanol–water partition coefficient (Wildman–Crippen LogP) is 3.16. The number of carboxylic acid groups (broad SMARTS) is 1. The van der Waals surface area contributed by atoms with Crippen molar-refractivity contribution in [3.8, 4) is 0 Å². The van der Waals surface area contributed by atoms with Crippen LogP contribution in [-0.4, -0.2) is 22.6 Å². The maximum absolute atomic E-state index is 10.8. The molecule has 4 heteroatoms. The van der Waals surface area contributed by atoms with E-state index in [1.165, 1.54) is 44.7 Å². The number of nitrogens with one attached hydrogen (secondary N) is 1. The summed E-state index contributed by atoms with van der Waals surface area (Å²) in [5, 5.41) is 12.1. The number of aromatic carboxylic acids is 1. The first kappa shape index (κ1) is 12.9. The number of pyridine rings is 1. The second-order valence-corrected chi connectivity index (χ2v) is 4.95. The van der Waals surface area contributed by atoms with Gasteiger partial charge in [-0.15, -0.1) is 0 Å². The summed E-state index contributed by atoms with van der Waals surface area (Å²) in [4.78, 5) is 14.6. The van der Waals surface area contributed by atoms with Crippen molar-refractivity contribution in [2.24, 2.45) is 5.92 Å². The van der Waals surface area contributed by atoms with E-state index in [9.17, 15) is 4.79 Å². The number of nitrogens with zero attached hydrogens (tertiary/aromatic N) is 1. The van der Waals surface area contributed by atoms with Crippen LogP contribution in [0.1, 0.15) is 49.0 Å². The molecule has 4 nitrogen and oxygen atoms in total. The Morgan fingerprint density at radius 2 is 2.17 bits per heavy atom. The van der Waals surface area contributed by atoms with Crippen LogP contribution in [0.25, 0.3) is 0 Å². The zero-order chi connectivity index (χ0) is 12.8. The lowest BCUT2D eigenvalue weighted by Gasteiger charge is -2.21. The van der Waals surface area contributed by atoms with E-state index >= 15 is 0 Å². The summed E-state index contributed by atoms with van der Waals surface area (Å²) in [6.07, 6.45) is 9.51. The molecule has 0 amide bonds. The summed E-state index contributed by atoms with van der Waals surface area (Å²) < 4.78 is 0.